The first-order valence-corrected chi connectivity index (χ1v) is 5.79. The number of rotatable bonds is 4. The van der Waals surface area contributed by atoms with Gasteiger partial charge < -0.3 is 10.5 Å². The van der Waals surface area contributed by atoms with E-state index in [1.165, 1.54) is 6.21 Å². The summed E-state index contributed by atoms with van der Waals surface area (Å²) >= 11 is 4.96. The molecule has 0 fully saturated rings. The van der Waals surface area contributed by atoms with E-state index >= 15 is 0 Å². The molecule has 1 aromatic carbocycles. The second-order valence-electron chi connectivity index (χ2n) is 3.55. The van der Waals surface area contributed by atoms with Crippen molar-refractivity contribution in [2.24, 2.45) is 5.10 Å². The summed E-state index contributed by atoms with van der Waals surface area (Å²) in [4.78, 5) is 0.344. The average molecular weight is 277 g/mol. The standard InChI is InChI=1S/C11H11N5O2S/c1-2-5-12-11(19)14-13-7-8-3-4-9-10(6-8)16(17)18-15-9/h2-4,6-7H,1,5H2,(H2,12,14,19)/b13-7+. The first-order valence-electron chi connectivity index (χ1n) is 5.38. The summed E-state index contributed by atoms with van der Waals surface area (Å²) in [5.41, 5.74) is 4.19. The zero-order valence-electron chi connectivity index (χ0n) is 9.87. The van der Waals surface area contributed by atoms with Crippen LogP contribution in [0.1, 0.15) is 5.56 Å². The number of nitrogens with zero attached hydrogens (tertiary/aromatic N) is 3. The smallest absolute Gasteiger partial charge is 0.248 e. The van der Waals surface area contributed by atoms with E-state index in [1.807, 2.05) is 0 Å². The number of hydrogen-bond acceptors (Lipinski definition) is 5. The molecule has 0 amide bonds. The van der Waals surface area contributed by atoms with Crippen molar-refractivity contribution in [1.29, 1.82) is 0 Å². The zero-order valence-corrected chi connectivity index (χ0v) is 10.7. The van der Waals surface area contributed by atoms with Crippen molar-refractivity contribution in [2.45, 2.75) is 0 Å². The van der Waals surface area contributed by atoms with Crippen LogP contribution in [-0.4, -0.2) is 23.0 Å². The van der Waals surface area contributed by atoms with Gasteiger partial charge in [-0.15, -0.1) is 6.58 Å². The molecular weight excluding hydrogens is 266 g/mol. The lowest BCUT2D eigenvalue weighted by atomic mass is 10.2. The van der Waals surface area contributed by atoms with Crippen molar-refractivity contribution in [3.63, 3.8) is 0 Å². The minimum Gasteiger partial charge on any atom is -0.359 e. The molecule has 1 aromatic heterocycles. The van der Waals surface area contributed by atoms with Crippen LogP contribution < -0.4 is 15.6 Å². The second kappa shape index (κ2) is 5.91. The molecule has 2 aromatic rings. The van der Waals surface area contributed by atoms with E-state index in [4.69, 9.17) is 12.2 Å². The van der Waals surface area contributed by atoms with Crippen molar-refractivity contribution in [3.8, 4) is 0 Å². The number of hydrazone groups is 1. The molecule has 0 spiro atoms. The van der Waals surface area contributed by atoms with Gasteiger partial charge in [-0.3, -0.25) is 10.1 Å². The van der Waals surface area contributed by atoms with E-state index in [2.05, 4.69) is 32.2 Å². The van der Waals surface area contributed by atoms with Crippen molar-refractivity contribution in [1.82, 2.24) is 15.9 Å². The Hall–Kier alpha value is -2.48. The normalized spacial score (nSPS) is 10.7. The number of hydrogen-bond donors (Lipinski definition) is 2. The topological polar surface area (TPSA) is 89.4 Å². The molecule has 0 aliphatic rings. The van der Waals surface area contributed by atoms with Gasteiger partial charge in [0.05, 0.1) is 6.21 Å². The monoisotopic (exact) mass is 277 g/mol. The van der Waals surface area contributed by atoms with Crippen LogP contribution in [0.2, 0.25) is 0 Å². The minimum atomic E-state index is 0.344. The van der Waals surface area contributed by atoms with Gasteiger partial charge in [-0.1, -0.05) is 6.08 Å². The average Bonchev–Trinajstić information content (AvgIpc) is 2.78. The number of benzene rings is 1. The van der Waals surface area contributed by atoms with Gasteiger partial charge in [0.1, 0.15) is 0 Å². The molecular formula is C11H11N5O2S. The van der Waals surface area contributed by atoms with E-state index in [9.17, 15) is 5.21 Å². The third-order valence-electron chi connectivity index (χ3n) is 2.20. The van der Waals surface area contributed by atoms with Gasteiger partial charge >= 0.3 is 0 Å². The summed E-state index contributed by atoms with van der Waals surface area (Å²) in [5.74, 6) is 0. The highest BCUT2D eigenvalue weighted by Gasteiger charge is 2.08. The van der Waals surface area contributed by atoms with Gasteiger partial charge in [0.2, 0.25) is 11.0 Å². The predicted molar refractivity (Wildman–Crippen MR) is 74.5 cm³/mol. The number of thiocarbonyl (C=S) groups is 1. The van der Waals surface area contributed by atoms with Gasteiger partial charge in [0.15, 0.2) is 5.11 Å². The third-order valence-corrected chi connectivity index (χ3v) is 2.43. The predicted octanol–water partition coefficient (Wildman–Crippen LogP) is 0.445. The molecule has 8 heteroatoms. The van der Waals surface area contributed by atoms with Crippen LogP contribution in [0.4, 0.5) is 0 Å². The van der Waals surface area contributed by atoms with Crippen LogP contribution in [0.5, 0.6) is 0 Å². The Balaban J connectivity index is 2.02. The van der Waals surface area contributed by atoms with Crippen molar-refractivity contribution in [2.75, 3.05) is 6.54 Å². The molecule has 0 unspecified atom stereocenters. The summed E-state index contributed by atoms with van der Waals surface area (Å²) in [5, 5.41) is 22.0. The summed E-state index contributed by atoms with van der Waals surface area (Å²) in [7, 11) is 0. The summed E-state index contributed by atoms with van der Waals surface area (Å²) in [6, 6.07) is 5.04. The molecule has 98 valence electrons. The Bertz CT molecular complexity index is 637. The van der Waals surface area contributed by atoms with Gasteiger partial charge in [-0.25, -0.2) is 0 Å². The molecule has 0 radical (unpaired) electrons. The van der Waals surface area contributed by atoms with Crippen LogP contribution in [0.15, 0.2) is 40.6 Å². The highest BCUT2D eigenvalue weighted by Crippen LogP contribution is 2.08. The summed E-state index contributed by atoms with van der Waals surface area (Å²) in [6.45, 7) is 4.12. The summed E-state index contributed by atoms with van der Waals surface area (Å²) in [6.07, 6.45) is 3.22. The van der Waals surface area contributed by atoms with Crippen LogP contribution in [0, 0.1) is 5.21 Å². The molecule has 19 heavy (non-hydrogen) atoms. The van der Waals surface area contributed by atoms with Crippen LogP contribution >= 0.6 is 12.2 Å². The molecule has 7 nitrogen and oxygen atoms in total. The van der Waals surface area contributed by atoms with Gasteiger partial charge in [0.25, 0.3) is 0 Å². The number of aromatic nitrogens is 2. The molecule has 0 aliphatic heterocycles. The Morgan fingerprint density at radius 3 is 3.26 bits per heavy atom. The fourth-order valence-electron chi connectivity index (χ4n) is 1.34. The maximum atomic E-state index is 11.2. The summed E-state index contributed by atoms with van der Waals surface area (Å²) < 4.78 is 4.47. The van der Waals surface area contributed by atoms with E-state index in [0.29, 0.717) is 27.6 Å². The Kier molecular flexibility index (Phi) is 4.04. The SMILES string of the molecule is C=CCNC(=S)N/N=C/c1ccc2no[n+]([O-])c2c1. The highest BCUT2D eigenvalue weighted by molar-refractivity contribution is 7.80. The Morgan fingerprint density at radius 1 is 1.63 bits per heavy atom. The molecule has 0 atom stereocenters. The second-order valence-corrected chi connectivity index (χ2v) is 3.96. The lowest BCUT2D eigenvalue weighted by Crippen LogP contribution is -2.31. The van der Waals surface area contributed by atoms with Crippen molar-refractivity contribution < 1.29 is 9.53 Å². The first kappa shape index (κ1) is 13.0. The largest absolute Gasteiger partial charge is 0.359 e. The molecule has 0 bridgehead atoms. The molecule has 2 rings (SSSR count). The Morgan fingerprint density at radius 2 is 2.47 bits per heavy atom. The maximum absolute atomic E-state index is 11.2. The molecule has 0 saturated carbocycles. The number of fused-ring (bicyclic) bond motifs is 1. The molecule has 2 N–H and O–H groups in total. The lowest BCUT2D eigenvalue weighted by Gasteiger charge is -2.02. The van der Waals surface area contributed by atoms with E-state index in [0.717, 1.165) is 5.56 Å². The van der Waals surface area contributed by atoms with E-state index < -0.39 is 0 Å². The van der Waals surface area contributed by atoms with Crippen LogP contribution in [0.3, 0.4) is 0 Å². The number of nitrogens with one attached hydrogen (secondary N) is 2. The lowest BCUT2D eigenvalue weighted by molar-refractivity contribution is -0.782. The van der Waals surface area contributed by atoms with Crippen LogP contribution in [0.25, 0.3) is 11.0 Å². The minimum absolute atomic E-state index is 0.344. The Labute approximate surface area is 114 Å². The van der Waals surface area contributed by atoms with Gasteiger partial charge in [-0.05, 0) is 34.8 Å². The molecule has 1 heterocycles. The highest BCUT2D eigenvalue weighted by atomic mass is 32.1. The zero-order chi connectivity index (χ0) is 13.7. The van der Waals surface area contributed by atoms with E-state index in [-0.39, 0.29) is 0 Å². The van der Waals surface area contributed by atoms with Crippen LogP contribution in [-0.2, 0) is 0 Å². The fourth-order valence-corrected chi connectivity index (χ4v) is 1.48. The first-order chi connectivity index (χ1) is 9.20. The third kappa shape index (κ3) is 3.26. The van der Waals surface area contributed by atoms with Crippen molar-refractivity contribution >= 4 is 34.6 Å². The van der Waals surface area contributed by atoms with Gasteiger partial charge in [-0.2, -0.15) is 5.10 Å². The molecule has 0 saturated heterocycles. The van der Waals surface area contributed by atoms with E-state index in [1.54, 1.807) is 24.3 Å². The van der Waals surface area contributed by atoms with Gasteiger partial charge in [0, 0.05) is 17.8 Å². The van der Waals surface area contributed by atoms with Crippen molar-refractivity contribution in [3.05, 3.63) is 41.6 Å². The maximum Gasteiger partial charge on any atom is 0.248 e. The quantitative estimate of drug-likeness (QED) is 0.277. The fraction of sp³-hybridized carbons (Fsp3) is 0.0909. The molecule has 0 aliphatic carbocycles.